The third kappa shape index (κ3) is 3.09. The fourth-order valence-corrected chi connectivity index (χ4v) is 4.34. The summed E-state index contributed by atoms with van der Waals surface area (Å²) in [6, 6.07) is 3.98. The number of rotatable bonds is 3. The standard InChI is InChI=1S/C14H13N3OS3/c1-3-17-12(18)11(7-10-5-4-6-19-10)21-14(17)16-13-15-9(2)8-20-13/h4-8H,3H2,1-2H3/b11-7+,16-14+. The summed E-state index contributed by atoms with van der Waals surface area (Å²) in [7, 11) is 0. The Labute approximate surface area is 135 Å². The third-order valence-electron chi connectivity index (χ3n) is 2.82. The van der Waals surface area contributed by atoms with Crippen LogP contribution in [0.25, 0.3) is 6.08 Å². The van der Waals surface area contributed by atoms with Gasteiger partial charge < -0.3 is 0 Å². The van der Waals surface area contributed by atoms with Crippen LogP contribution in [0.1, 0.15) is 17.5 Å². The van der Waals surface area contributed by atoms with Gasteiger partial charge in [-0.2, -0.15) is 4.99 Å². The van der Waals surface area contributed by atoms with Gasteiger partial charge in [0.05, 0.1) is 10.6 Å². The summed E-state index contributed by atoms with van der Waals surface area (Å²) < 4.78 is 0. The van der Waals surface area contributed by atoms with E-state index in [-0.39, 0.29) is 5.91 Å². The van der Waals surface area contributed by atoms with Gasteiger partial charge in [-0.1, -0.05) is 6.07 Å². The molecule has 0 spiro atoms. The van der Waals surface area contributed by atoms with Crippen LogP contribution in [0.3, 0.4) is 0 Å². The first-order valence-corrected chi connectivity index (χ1v) is 9.00. The number of thiophene rings is 1. The van der Waals surface area contributed by atoms with E-state index in [2.05, 4.69) is 9.98 Å². The second kappa shape index (κ2) is 6.13. The molecule has 0 N–H and O–H groups in total. The summed E-state index contributed by atoms with van der Waals surface area (Å²) in [6.45, 7) is 4.50. The van der Waals surface area contributed by atoms with E-state index < -0.39 is 0 Å². The topological polar surface area (TPSA) is 45.6 Å². The van der Waals surface area contributed by atoms with E-state index in [9.17, 15) is 4.79 Å². The minimum Gasteiger partial charge on any atom is -0.287 e. The molecule has 1 aliphatic heterocycles. The Kier molecular flexibility index (Phi) is 4.23. The number of carbonyl (C=O) groups excluding carboxylic acids is 1. The molecule has 2 aromatic heterocycles. The fraction of sp³-hybridized carbons (Fsp3) is 0.214. The number of thioether (sulfide) groups is 1. The van der Waals surface area contributed by atoms with Gasteiger partial charge in [0.1, 0.15) is 0 Å². The Bertz CT molecular complexity index is 716. The maximum atomic E-state index is 12.4. The zero-order valence-corrected chi connectivity index (χ0v) is 14.0. The molecule has 1 amide bonds. The van der Waals surface area contributed by atoms with Crippen molar-refractivity contribution in [3.8, 4) is 0 Å². The van der Waals surface area contributed by atoms with E-state index in [1.807, 2.05) is 42.8 Å². The molecule has 2 aromatic rings. The lowest BCUT2D eigenvalue weighted by Crippen LogP contribution is -2.28. The van der Waals surface area contributed by atoms with E-state index in [4.69, 9.17) is 0 Å². The molecule has 0 radical (unpaired) electrons. The van der Waals surface area contributed by atoms with Crippen LogP contribution in [0, 0.1) is 6.92 Å². The number of carbonyl (C=O) groups is 1. The van der Waals surface area contributed by atoms with Crippen molar-refractivity contribution in [2.75, 3.05) is 6.54 Å². The van der Waals surface area contributed by atoms with Crippen molar-refractivity contribution in [3.05, 3.63) is 38.4 Å². The molecular formula is C14H13N3OS3. The summed E-state index contributed by atoms with van der Waals surface area (Å²) in [4.78, 5) is 24.7. The summed E-state index contributed by atoms with van der Waals surface area (Å²) >= 11 is 4.52. The van der Waals surface area contributed by atoms with Gasteiger partial charge in [0.2, 0.25) is 5.13 Å². The SMILES string of the molecule is CCN1C(=O)/C(=C\c2cccs2)S/C1=N/c1nc(C)cs1. The quantitative estimate of drug-likeness (QED) is 0.792. The molecule has 3 heterocycles. The summed E-state index contributed by atoms with van der Waals surface area (Å²) in [5.41, 5.74) is 0.950. The highest BCUT2D eigenvalue weighted by Gasteiger charge is 2.32. The smallest absolute Gasteiger partial charge is 0.266 e. The normalized spacial score (nSPS) is 19.1. The van der Waals surface area contributed by atoms with Crippen molar-refractivity contribution < 1.29 is 4.79 Å². The van der Waals surface area contributed by atoms with Gasteiger partial charge in [0, 0.05) is 16.8 Å². The lowest BCUT2D eigenvalue weighted by Gasteiger charge is -2.11. The minimum absolute atomic E-state index is 0.0166. The van der Waals surface area contributed by atoms with Crippen molar-refractivity contribution in [2.45, 2.75) is 13.8 Å². The number of hydrogen-bond donors (Lipinski definition) is 0. The van der Waals surface area contributed by atoms with E-state index in [0.29, 0.717) is 21.7 Å². The lowest BCUT2D eigenvalue weighted by atomic mass is 10.4. The second-order valence-corrected chi connectivity index (χ2v) is 7.17. The van der Waals surface area contributed by atoms with Crippen LogP contribution in [-0.2, 0) is 4.79 Å². The van der Waals surface area contributed by atoms with E-state index in [0.717, 1.165) is 10.6 Å². The summed E-state index contributed by atoms with van der Waals surface area (Å²) in [6.07, 6.45) is 1.93. The predicted molar refractivity (Wildman–Crippen MR) is 91.2 cm³/mol. The van der Waals surface area contributed by atoms with Crippen molar-refractivity contribution >= 4 is 56.7 Å². The molecule has 0 bridgehead atoms. The van der Waals surface area contributed by atoms with Gasteiger partial charge >= 0.3 is 0 Å². The van der Waals surface area contributed by atoms with Crippen molar-refractivity contribution in [2.24, 2.45) is 4.99 Å². The van der Waals surface area contributed by atoms with E-state index in [1.165, 1.54) is 23.1 Å². The molecule has 0 unspecified atom stereocenters. The van der Waals surface area contributed by atoms with Crippen LogP contribution < -0.4 is 0 Å². The Morgan fingerprint density at radius 2 is 2.29 bits per heavy atom. The first-order valence-electron chi connectivity index (χ1n) is 6.43. The Hall–Kier alpha value is -1.44. The molecule has 1 fully saturated rings. The van der Waals surface area contributed by atoms with Gasteiger partial charge in [-0.25, -0.2) is 4.98 Å². The Morgan fingerprint density at radius 3 is 2.90 bits per heavy atom. The molecule has 0 aliphatic carbocycles. The number of aliphatic imine (C=N–C) groups is 1. The molecule has 0 saturated carbocycles. The van der Waals surface area contributed by atoms with Crippen LogP contribution in [0.4, 0.5) is 5.13 Å². The molecular weight excluding hydrogens is 322 g/mol. The maximum absolute atomic E-state index is 12.4. The second-order valence-electron chi connectivity index (χ2n) is 4.34. The van der Waals surface area contributed by atoms with Gasteiger partial charge in [-0.15, -0.1) is 22.7 Å². The van der Waals surface area contributed by atoms with E-state index in [1.54, 1.807) is 16.2 Å². The molecule has 7 heteroatoms. The number of likely N-dealkylation sites (N-methyl/N-ethyl adjacent to an activating group) is 1. The van der Waals surface area contributed by atoms with Gasteiger partial charge in [-0.3, -0.25) is 9.69 Å². The highest BCUT2D eigenvalue weighted by molar-refractivity contribution is 8.18. The molecule has 4 nitrogen and oxygen atoms in total. The van der Waals surface area contributed by atoms with Crippen LogP contribution in [0.15, 0.2) is 32.8 Å². The summed E-state index contributed by atoms with van der Waals surface area (Å²) in [5, 5.41) is 5.36. The largest absolute Gasteiger partial charge is 0.287 e. The monoisotopic (exact) mass is 335 g/mol. The maximum Gasteiger partial charge on any atom is 0.266 e. The average Bonchev–Trinajstić information content (AvgIpc) is 3.15. The Balaban J connectivity index is 1.92. The van der Waals surface area contributed by atoms with Crippen LogP contribution >= 0.6 is 34.4 Å². The first-order chi connectivity index (χ1) is 10.2. The number of thiazole rings is 1. The number of amidine groups is 1. The lowest BCUT2D eigenvalue weighted by molar-refractivity contribution is -0.122. The zero-order chi connectivity index (χ0) is 14.8. The van der Waals surface area contributed by atoms with Crippen molar-refractivity contribution in [1.82, 2.24) is 9.88 Å². The molecule has 108 valence electrons. The molecule has 1 aliphatic rings. The van der Waals surface area contributed by atoms with Crippen molar-refractivity contribution in [1.29, 1.82) is 0 Å². The Morgan fingerprint density at radius 1 is 1.43 bits per heavy atom. The molecule has 3 rings (SSSR count). The zero-order valence-electron chi connectivity index (χ0n) is 11.6. The predicted octanol–water partition coefficient (Wildman–Crippen LogP) is 4.14. The highest BCUT2D eigenvalue weighted by Crippen LogP contribution is 2.35. The number of aromatic nitrogens is 1. The fourth-order valence-electron chi connectivity index (χ4n) is 1.85. The van der Waals surface area contributed by atoms with Gasteiger partial charge in [0.25, 0.3) is 5.91 Å². The number of hydrogen-bond acceptors (Lipinski definition) is 6. The molecule has 1 saturated heterocycles. The van der Waals surface area contributed by atoms with Gasteiger partial charge in [-0.05, 0) is 43.1 Å². The third-order valence-corrected chi connectivity index (χ3v) is 5.50. The number of amides is 1. The number of nitrogens with zero attached hydrogens (tertiary/aromatic N) is 3. The van der Waals surface area contributed by atoms with Crippen LogP contribution in [-0.4, -0.2) is 27.5 Å². The number of aryl methyl sites for hydroxylation is 1. The first kappa shape index (κ1) is 14.5. The van der Waals surface area contributed by atoms with Crippen molar-refractivity contribution in [3.63, 3.8) is 0 Å². The molecule has 0 aromatic carbocycles. The summed E-state index contributed by atoms with van der Waals surface area (Å²) in [5.74, 6) is 0.0166. The molecule has 21 heavy (non-hydrogen) atoms. The van der Waals surface area contributed by atoms with E-state index >= 15 is 0 Å². The highest BCUT2D eigenvalue weighted by atomic mass is 32.2. The minimum atomic E-state index is 0.0166. The van der Waals surface area contributed by atoms with Crippen LogP contribution in [0.2, 0.25) is 0 Å². The molecule has 0 atom stereocenters. The van der Waals surface area contributed by atoms with Gasteiger partial charge in [0.15, 0.2) is 5.17 Å². The van der Waals surface area contributed by atoms with Crippen LogP contribution in [0.5, 0.6) is 0 Å². The average molecular weight is 335 g/mol.